The standard InChI is InChI=1S/C14H12N4O2/c15-11-5-1-2-6-12(11)19-9-13-17-14(18-20-13)10-4-3-7-16-8-10/h1-8H,9,15H2. The van der Waals surface area contributed by atoms with Gasteiger partial charge in [0.05, 0.1) is 5.69 Å². The zero-order chi connectivity index (χ0) is 13.8. The van der Waals surface area contributed by atoms with E-state index in [1.165, 1.54) is 0 Å². The maximum Gasteiger partial charge on any atom is 0.264 e. The molecule has 0 fully saturated rings. The Kier molecular flexibility index (Phi) is 3.28. The maximum atomic E-state index is 5.78. The smallest absolute Gasteiger partial charge is 0.264 e. The van der Waals surface area contributed by atoms with E-state index >= 15 is 0 Å². The predicted octanol–water partition coefficient (Wildman–Crippen LogP) is 2.29. The van der Waals surface area contributed by atoms with Crippen LogP contribution >= 0.6 is 0 Å². The number of nitrogens with two attached hydrogens (primary N) is 1. The molecule has 0 amide bonds. The molecule has 2 N–H and O–H groups in total. The summed E-state index contributed by atoms with van der Waals surface area (Å²) in [5, 5.41) is 3.88. The number of hydrogen-bond acceptors (Lipinski definition) is 6. The molecule has 0 aliphatic carbocycles. The molecule has 0 spiro atoms. The van der Waals surface area contributed by atoms with E-state index in [1.54, 1.807) is 24.5 Å². The third kappa shape index (κ3) is 2.59. The van der Waals surface area contributed by atoms with Crippen LogP contribution in [0.2, 0.25) is 0 Å². The average Bonchev–Trinajstić information content (AvgIpc) is 2.96. The molecule has 100 valence electrons. The van der Waals surface area contributed by atoms with Crippen LogP contribution in [-0.2, 0) is 6.61 Å². The molecule has 1 aromatic carbocycles. The lowest BCUT2D eigenvalue weighted by atomic mass is 10.3. The van der Waals surface area contributed by atoms with Gasteiger partial charge in [-0.15, -0.1) is 0 Å². The molecule has 2 aromatic heterocycles. The van der Waals surface area contributed by atoms with Gasteiger partial charge in [0, 0.05) is 18.0 Å². The fraction of sp³-hybridized carbons (Fsp3) is 0.0714. The molecule has 3 rings (SSSR count). The van der Waals surface area contributed by atoms with Crippen LogP contribution in [0.1, 0.15) is 5.89 Å². The van der Waals surface area contributed by atoms with Crippen LogP contribution in [0, 0.1) is 0 Å². The van der Waals surface area contributed by atoms with E-state index in [-0.39, 0.29) is 6.61 Å². The molecular weight excluding hydrogens is 256 g/mol. The lowest BCUT2D eigenvalue weighted by molar-refractivity contribution is 0.244. The first-order chi connectivity index (χ1) is 9.83. The number of pyridine rings is 1. The molecule has 6 heteroatoms. The van der Waals surface area contributed by atoms with Crippen LogP contribution in [0.15, 0.2) is 53.3 Å². The van der Waals surface area contributed by atoms with Crippen LogP contribution in [0.4, 0.5) is 5.69 Å². The monoisotopic (exact) mass is 268 g/mol. The summed E-state index contributed by atoms with van der Waals surface area (Å²) in [7, 11) is 0. The third-order valence-electron chi connectivity index (χ3n) is 2.66. The van der Waals surface area contributed by atoms with Gasteiger partial charge in [0.2, 0.25) is 5.82 Å². The van der Waals surface area contributed by atoms with Crippen molar-refractivity contribution in [3.63, 3.8) is 0 Å². The second-order valence-corrected chi connectivity index (χ2v) is 4.08. The summed E-state index contributed by atoms with van der Waals surface area (Å²) in [6, 6.07) is 10.9. The summed E-state index contributed by atoms with van der Waals surface area (Å²) in [4.78, 5) is 8.25. The van der Waals surface area contributed by atoms with Crippen LogP contribution in [0.5, 0.6) is 5.75 Å². The molecule has 2 heterocycles. The van der Waals surface area contributed by atoms with E-state index < -0.39 is 0 Å². The molecule has 0 radical (unpaired) electrons. The maximum absolute atomic E-state index is 5.78. The molecular formula is C14H12N4O2. The van der Waals surface area contributed by atoms with Crippen molar-refractivity contribution in [2.24, 2.45) is 0 Å². The third-order valence-corrected chi connectivity index (χ3v) is 2.66. The van der Waals surface area contributed by atoms with Gasteiger partial charge in [-0.3, -0.25) is 4.98 Å². The van der Waals surface area contributed by atoms with Crippen LogP contribution in [0.3, 0.4) is 0 Å². The quantitative estimate of drug-likeness (QED) is 0.730. The predicted molar refractivity (Wildman–Crippen MR) is 72.7 cm³/mol. The van der Waals surface area contributed by atoms with Crippen LogP contribution in [0.25, 0.3) is 11.4 Å². The van der Waals surface area contributed by atoms with Gasteiger partial charge < -0.3 is 15.0 Å². The number of anilines is 1. The summed E-state index contributed by atoms with van der Waals surface area (Å²) >= 11 is 0. The molecule has 0 atom stereocenters. The average molecular weight is 268 g/mol. The minimum atomic E-state index is 0.168. The van der Waals surface area contributed by atoms with E-state index in [9.17, 15) is 0 Å². The van der Waals surface area contributed by atoms with Gasteiger partial charge in [0.15, 0.2) is 6.61 Å². The number of ether oxygens (including phenoxy) is 1. The SMILES string of the molecule is Nc1ccccc1OCc1nc(-c2cccnc2)no1. The molecule has 6 nitrogen and oxygen atoms in total. The van der Waals surface area contributed by atoms with Gasteiger partial charge in [-0.05, 0) is 24.3 Å². The van der Waals surface area contributed by atoms with E-state index in [0.717, 1.165) is 5.56 Å². The number of para-hydroxylation sites is 2. The van der Waals surface area contributed by atoms with E-state index in [4.69, 9.17) is 15.0 Å². The lowest BCUT2D eigenvalue weighted by Gasteiger charge is -2.05. The summed E-state index contributed by atoms with van der Waals surface area (Å²) in [5.41, 5.74) is 7.14. The van der Waals surface area contributed by atoms with Gasteiger partial charge in [-0.2, -0.15) is 4.98 Å². The number of nitrogen functional groups attached to an aromatic ring is 1. The van der Waals surface area contributed by atoms with Gasteiger partial charge in [-0.1, -0.05) is 17.3 Å². The highest BCUT2D eigenvalue weighted by Gasteiger charge is 2.09. The normalized spacial score (nSPS) is 10.4. The minimum absolute atomic E-state index is 0.168. The van der Waals surface area contributed by atoms with E-state index in [0.29, 0.717) is 23.2 Å². The zero-order valence-corrected chi connectivity index (χ0v) is 10.6. The Morgan fingerprint density at radius 2 is 2.05 bits per heavy atom. The number of hydrogen-bond donors (Lipinski definition) is 1. The number of nitrogens with zero attached hydrogens (tertiary/aromatic N) is 3. The van der Waals surface area contributed by atoms with Crippen molar-refractivity contribution in [3.05, 3.63) is 54.7 Å². The first-order valence-electron chi connectivity index (χ1n) is 6.03. The zero-order valence-electron chi connectivity index (χ0n) is 10.6. The highest BCUT2D eigenvalue weighted by atomic mass is 16.5. The summed E-state index contributed by atoms with van der Waals surface area (Å²) in [6.45, 7) is 0.168. The highest BCUT2D eigenvalue weighted by Crippen LogP contribution is 2.21. The Balaban J connectivity index is 1.71. The Morgan fingerprint density at radius 1 is 1.15 bits per heavy atom. The van der Waals surface area contributed by atoms with Crippen molar-refractivity contribution in [2.75, 3.05) is 5.73 Å². The van der Waals surface area contributed by atoms with Crippen molar-refractivity contribution < 1.29 is 9.26 Å². The minimum Gasteiger partial charge on any atom is -0.482 e. The summed E-state index contributed by atoms with van der Waals surface area (Å²) in [6.07, 6.45) is 3.36. The second-order valence-electron chi connectivity index (χ2n) is 4.08. The van der Waals surface area contributed by atoms with Crippen LogP contribution in [-0.4, -0.2) is 15.1 Å². The van der Waals surface area contributed by atoms with Gasteiger partial charge in [0.25, 0.3) is 5.89 Å². The van der Waals surface area contributed by atoms with Crippen molar-refractivity contribution in [1.29, 1.82) is 0 Å². The first kappa shape index (κ1) is 12.2. The topological polar surface area (TPSA) is 87.1 Å². The lowest BCUT2D eigenvalue weighted by Crippen LogP contribution is -1.98. The number of rotatable bonds is 4. The molecule has 0 aliphatic rings. The molecule has 0 saturated carbocycles. The molecule has 0 aliphatic heterocycles. The number of benzene rings is 1. The molecule has 20 heavy (non-hydrogen) atoms. The van der Waals surface area contributed by atoms with Crippen molar-refractivity contribution >= 4 is 5.69 Å². The largest absolute Gasteiger partial charge is 0.482 e. The Labute approximate surface area is 115 Å². The Hall–Kier alpha value is -2.89. The van der Waals surface area contributed by atoms with Gasteiger partial charge in [0.1, 0.15) is 5.75 Å². The Bertz CT molecular complexity index is 697. The fourth-order valence-corrected chi connectivity index (χ4v) is 1.68. The van der Waals surface area contributed by atoms with Gasteiger partial charge in [-0.25, -0.2) is 0 Å². The summed E-state index contributed by atoms with van der Waals surface area (Å²) in [5.74, 6) is 1.46. The second kappa shape index (κ2) is 5.40. The molecule has 0 bridgehead atoms. The highest BCUT2D eigenvalue weighted by molar-refractivity contribution is 5.52. The van der Waals surface area contributed by atoms with Crippen molar-refractivity contribution in [2.45, 2.75) is 6.61 Å². The van der Waals surface area contributed by atoms with Gasteiger partial charge >= 0.3 is 0 Å². The Morgan fingerprint density at radius 3 is 2.85 bits per heavy atom. The van der Waals surface area contributed by atoms with E-state index in [2.05, 4.69) is 15.1 Å². The number of aromatic nitrogens is 3. The molecule has 0 unspecified atom stereocenters. The van der Waals surface area contributed by atoms with E-state index in [1.807, 2.05) is 24.3 Å². The molecule has 0 saturated heterocycles. The summed E-state index contributed by atoms with van der Waals surface area (Å²) < 4.78 is 10.7. The van der Waals surface area contributed by atoms with Crippen molar-refractivity contribution in [3.8, 4) is 17.1 Å². The fourth-order valence-electron chi connectivity index (χ4n) is 1.68. The molecule has 3 aromatic rings. The first-order valence-corrected chi connectivity index (χ1v) is 6.03. The van der Waals surface area contributed by atoms with Crippen LogP contribution < -0.4 is 10.5 Å². The van der Waals surface area contributed by atoms with Crippen molar-refractivity contribution in [1.82, 2.24) is 15.1 Å².